The number of aromatic nitrogens is 3. The van der Waals surface area contributed by atoms with Gasteiger partial charge in [0.2, 0.25) is 5.91 Å². The Hall–Kier alpha value is -2.37. The van der Waals surface area contributed by atoms with Gasteiger partial charge in [0.25, 0.3) is 0 Å². The van der Waals surface area contributed by atoms with E-state index in [2.05, 4.69) is 5.10 Å². The molecule has 0 spiro atoms. The lowest BCUT2D eigenvalue weighted by atomic mass is 9.93. The molecule has 0 aliphatic carbocycles. The van der Waals surface area contributed by atoms with Gasteiger partial charge >= 0.3 is 5.69 Å². The van der Waals surface area contributed by atoms with E-state index in [0.29, 0.717) is 13.1 Å². The molecule has 1 aliphatic heterocycles. The van der Waals surface area contributed by atoms with Gasteiger partial charge in [-0.2, -0.15) is 5.10 Å². The van der Waals surface area contributed by atoms with Gasteiger partial charge in [0.05, 0.1) is 5.92 Å². The van der Waals surface area contributed by atoms with E-state index in [9.17, 15) is 9.59 Å². The Morgan fingerprint density at radius 2 is 1.73 bits per heavy atom. The van der Waals surface area contributed by atoms with Crippen molar-refractivity contribution in [1.29, 1.82) is 0 Å². The van der Waals surface area contributed by atoms with E-state index in [1.165, 1.54) is 4.68 Å². The minimum Gasteiger partial charge on any atom is -0.342 e. The van der Waals surface area contributed by atoms with Gasteiger partial charge in [-0.15, -0.1) is 0 Å². The van der Waals surface area contributed by atoms with Gasteiger partial charge in [0.15, 0.2) is 0 Å². The molecule has 1 saturated heterocycles. The van der Waals surface area contributed by atoms with Crippen LogP contribution in [-0.4, -0.2) is 38.2 Å². The Bertz CT molecular complexity index is 814. The lowest BCUT2D eigenvalue weighted by molar-refractivity contribution is -0.133. The number of piperidine rings is 1. The minimum absolute atomic E-state index is 0.0637. The number of carbonyl (C=O) groups excluding carboxylic acids is 1. The maximum absolute atomic E-state index is 12.8. The third kappa shape index (κ3) is 3.45. The smallest absolute Gasteiger partial charge is 0.342 e. The Morgan fingerprint density at radius 1 is 1.12 bits per heavy atom. The Labute approximate surface area is 154 Å². The Morgan fingerprint density at radius 3 is 2.31 bits per heavy atom. The molecule has 1 amide bonds. The molecule has 140 valence electrons. The molecule has 0 N–H and O–H groups in total. The van der Waals surface area contributed by atoms with Crippen LogP contribution in [0.2, 0.25) is 0 Å². The summed E-state index contributed by atoms with van der Waals surface area (Å²) in [6.07, 6.45) is 1.69. The van der Waals surface area contributed by atoms with Crippen LogP contribution in [-0.2, 0) is 11.8 Å². The summed E-state index contributed by atoms with van der Waals surface area (Å²) >= 11 is 0. The van der Waals surface area contributed by atoms with Gasteiger partial charge < -0.3 is 4.90 Å². The van der Waals surface area contributed by atoms with Crippen molar-refractivity contribution >= 4 is 5.91 Å². The molecule has 1 atom stereocenters. The molecule has 2 heterocycles. The fourth-order valence-electron chi connectivity index (χ4n) is 3.78. The minimum atomic E-state index is -0.128. The van der Waals surface area contributed by atoms with Gasteiger partial charge in [-0.1, -0.05) is 30.3 Å². The van der Waals surface area contributed by atoms with Crippen molar-refractivity contribution in [2.75, 3.05) is 13.1 Å². The summed E-state index contributed by atoms with van der Waals surface area (Å²) in [5, 5.41) is 4.47. The van der Waals surface area contributed by atoms with Crippen molar-refractivity contribution in [1.82, 2.24) is 19.2 Å². The van der Waals surface area contributed by atoms with E-state index in [0.717, 1.165) is 24.2 Å². The standard InChI is InChI=1S/C20H28N4O2/c1-14(2)24-18(21-22(4)20(24)26)17-10-12-23(13-11-17)19(25)15(3)16-8-6-5-7-9-16/h5-9,14-15,17H,10-13H2,1-4H3. The molecule has 1 aliphatic rings. The highest BCUT2D eigenvalue weighted by Crippen LogP contribution is 2.29. The summed E-state index contributed by atoms with van der Waals surface area (Å²) in [7, 11) is 1.70. The summed E-state index contributed by atoms with van der Waals surface area (Å²) in [5.41, 5.74) is 0.990. The van der Waals surface area contributed by atoms with E-state index in [-0.39, 0.29) is 29.5 Å². The van der Waals surface area contributed by atoms with Gasteiger partial charge in [-0.3, -0.25) is 9.36 Å². The molecule has 0 bridgehead atoms. The fourth-order valence-corrected chi connectivity index (χ4v) is 3.78. The highest BCUT2D eigenvalue weighted by molar-refractivity contribution is 5.83. The lowest BCUT2D eigenvalue weighted by Gasteiger charge is -2.33. The summed E-state index contributed by atoms with van der Waals surface area (Å²) in [6.45, 7) is 7.41. The molecule has 2 aromatic rings. The van der Waals surface area contributed by atoms with Crippen LogP contribution in [0.1, 0.15) is 62.9 Å². The molecule has 3 rings (SSSR count). The van der Waals surface area contributed by atoms with Gasteiger partial charge in [0, 0.05) is 32.1 Å². The number of hydrogen-bond donors (Lipinski definition) is 0. The largest absolute Gasteiger partial charge is 0.345 e. The number of amides is 1. The zero-order valence-corrected chi connectivity index (χ0v) is 16.1. The lowest BCUT2D eigenvalue weighted by Crippen LogP contribution is -2.40. The number of benzene rings is 1. The molecule has 26 heavy (non-hydrogen) atoms. The molecule has 0 saturated carbocycles. The van der Waals surface area contributed by atoms with E-state index in [1.54, 1.807) is 11.6 Å². The van der Waals surface area contributed by atoms with E-state index < -0.39 is 0 Å². The van der Waals surface area contributed by atoms with E-state index in [4.69, 9.17) is 0 Å². The van der Waals surface area contributed by atoms with Crippen LogP contribution in [0.4, 0.5) is 0 Å². The molecular weight excluding hydrogens is 328 g/mol. The van der Waals surface area contributed by atoms with Crippen molar-refractivity contribution in [2.24, 2.45) is 7.05 Å². The topological polar surface area (TPSA) is 60.1 Å². The van der Waals surface area contributed by atoms with Gasteiger partial charge in [-0.05, 0) is 39.2 Å². The maximum atomic E-state index is 12.8. The van der Waals surface area contributed by atoms with E-state index >= 15 is 0 Å². The first kappa shape index (κ1) is 18.4. The highest BCUT2D eigenvalue weighted by Gasteiger charge is 2.30. The molecule has 6 heteroatoms. The molecule has 1 aromatic heterocycles. The SMILES string of the molecule is CC(C(=O)N1CCC(c2nn(C)c(=O)n2C(C)C)CC1)c1ccccc1. The zero-order chi connectivity index (χ0) is 18.8. The van der Waals surface area contributed by atoms with Crippen LogP contribution in [0.5, 0.6) is 0 Å². The van der Waals surface area contributed by atoms with Crippen molar-refractivity contribution in [3.63, 3.8) is 0 Å². The van der Waals surface area contributed by atoms with Crippen LogP contribution in [0.15, 0.2) is 35.1 Å². The first-order valence-electron chi connectivity index (χ1n) is 9.39. The van der Waals surface area contributed by atoms with Crippen LogP contribution in [0.3, 0.4) is 0 Å². The Kier molecular flexibility index (Phi) is 5.30. The predicted octanol–water partition coefficient (Wildman–Crippen LogP) is 2.67. The summed E-state index contributed by atoms with van der Waals surface area (Å²) in [5.74, 6) is 1.13. The average Bonchev–Trinajstić information content (AvgIpc) is 2.96. The van der Waals surface area contributed by atoms with E-state index in [1.807, 2.05) is 56.0 Å². The second-order valence-corrected chi connectivity index (χ2v) is 7.46. The number of hydrogen-bond acceptors (Lipinski definition) is 3. The normalized spacial score (nSPS) is 16.9. The fraction of sp³-hybridized carbons (Fsp3) is 0.550. The van der Waals surface area contributed by atoms with Crippen LogP contribution >= 0.6 is 0 Å². The quantitative estimate of drug-likeness (QED) is 0.846. The summed E-state index contributed by atoms with van der Waals surface area (Å²) < 4.78 is 3.21. The number of likely N-dealkylation sites (tertiary alicyclic amines) is 1. The summed E-state index contributed by atoms with van der Waals surface area (Å²) in [4.78, 5) is 27.1. The first-order valence-corrected chi connectivity index (χ1v) is 9.39. The third-order valence-electron chi connectivity index (χ3n) is 5.34. The van der Waals surface area contributed by atoms with Crippen LogP contribution in [0.25, 0.3) is 0 Å². The van der Waals surface area contributed by atoms with Gasteiger partial charge in [-0.25, -0.2) is 9.48 Å². The third-order valence-corrected chi connectivity index (χ3v) is 5.34. The van der Waals surface area contributed by atoms with Crippen LogP contribution in [0, 0.1) is 0 Å². The maximum Gasteiger partial charge on any atom is 0.345 e. The molecule has 1 fully saturated rings. The van der Waals surface area contributed by atoms with Gasteiger partial charge in [0.1, 0.15) is 5.82 Å². The Balaban J connectivity index is 1.69. The van der Waals surface area contributed by atoms with Crippen molar-refractivity contribution in [3.8, 4) is 0 Å². The molecule has 1 aromatic carbocycles. The number of rotatable bonds is 4. The zero-order valence-electron chi connectivity index (χ0n) is 16.1. The highest BCUT2D eigenvalue weighted by atomic mass is 16.2. The second kappa shape index (κ2) is 7.48. The molecular formula is C20H28N4O2. The molecule has 0 radical (unpaired) electrons. The number of nitrogens with zero attached hydrogens (tertiary/aromatic N) is 4. The summed E-state index contributed by atoms with van der Waals surface area (Å²) in [6, 6.07) is 10.0. The second-order valence-electron chi connectivity index (χ2n) is 7.46. The molecule has 6 nitrogen and oxygen atoms in total. The number of aryl methyl sites for hydroxylation is 1. The molecule has 1 unspecified atom stereocenters. The average molecular weight is 356 g/mol. The van der Waals surface area contributed by atoms with Crippen molar-refractivity contribution in [2.45, 2.75) is 51.5 Å². The van der Waals surface area contributed by atoms with Crippen molar-refractivity contribution < 1.29 is 4.79 Å². The van der Waals surface area contributed by atoms with Crippen molar-refractivity contribution in [3.05, 3.63) is 52.2 Å². The van der Waals surface area contributed by atoms with Crippen LogP contribution < -0.4 is 5.69 Å². The monoisotopic (exact) mass is 356 g/mol. The number of carbonyl (C=O) groups is 1. The first-order chi connectivity index (χ1) is 12.4. The predicted molar refractivity (Wildman–Crippen MR) is 101 cm³/mol.